The van der Waals surface area contributed by atoms with Crippen LogP contribution in [0, 0.1) is 18.8 Å². The first-order chi connectivity index (χ1) is 18.2. The van der Waals surface area contributed by atoms with Gasteiger partial charge in [0.25, 0.3) is 0 Å². The van der Waals surface area contributed by atoms with E-state index in [0.29, 0.717) is 32.8 Å². The van der Waals surface area contributed by atoms with Crippen molar-refractivity contribution in [1.29, 1.82) is 0 Å². The fraction of sp³-hybridized carbons (Fsp3) is 0.379. The molecule has 0 spiro atoms. The number of anilines is 1. The summed E-state index contributed by atoms with van der Waals surface area (Å²) in [6.45, 7) is 4.62. The van der Waals surface area contributed by atoms with E-state index < -0.39 is 16.0 Å². The molecule has 1 N–H and O–H groups in total. The Kier molecular flexibility index (Phi) is 6.15. The Morgan fingerprint density at radius 1 is 1.08 bits per heavy atom. The highest BCUT2D eigenvalue weighted by atomic mass is 32.2. The maximum Gasteiger partial charge on any atom is 0.307 e. The van der Waals surface area contributed by atoms with Gasteiger partial charge in [-0.1, -0.05) is 24.3 Å². The van der Waals surface area contributed by atoms with Crippen LogP contribution in [0.5, 0.6) is 5.75 Å². The molecule has 8 nitrogen and oxygen atoms in total. The van der Waals surface area contributed by atoms with Gasteiger partial charge in [-0.25, -0.2) is 13.4 Å². The molecule has 1 saturated heterocycles. The van der Waals surface area contributed by atoms with Crippen molar-refractivity contribution in [2.45, 2.75) is 25.9 Å². The second kappa shape index (κ2) is 9.39. The van der Waals surface area contributed by atoms with Crippen molar-refractivity contribution in [3.05, 3.63) is 77.0 Å². The molecule has 0 bridgehead atoms. The Hall–Kier alpha value is -3.43. The van der Waals surface area contributed by atoms with Crippen molar-refractivity contribution in [3.8, 4) is 16.9 Å². The number of aryl methyl sites for hydroxylation is 1. The molecule has 2 heterocycles. The second-order valence-corrected chi connectivity index (χ2v) is 12.5. The van der Waals surface area contributed by atoms with Crippen LogP contribution in [0.3, 0.4) is 0 Å². The fourth-order valence-corrected chi connectivity index (χ4v) is 6.92. The number of rotatable bonds is 7. The van der Waals surface area contributed by atoms with E-state index in [0.717, 1.165) is 40.4 Å². The normalized spacial score (nSPS) is 22.6. The van der Waals surface area contributed by atoms with Crippen molar-refractivity contribution in [3.63, 3.8) is 0 Å². The third-order valence-corrected chi connectivity index (χ3v) is 9.43. The van der Waals surface area contributed by atoms with Gasteiger partial charge in [-0.2, -0.15) is 4.31 Å². The van der Waals surface area contributed by atoms with Crippen LogP contribution in [0.25, 0.3) is 11.1 Å². The zero-order valence-electron chi connectivity index (χ0n) is 21.5. The predicted molar refractivity (Wildman–Crippen MR) is 145 cm³/mol. The number of nitrogens with zero attached hydrogens (tertiary/aromatic N) is 3. The number of carbonyl (C=O) groups is 1. The summed E-state index contributed by atoms with van der Waals surface area (Å²) in [6.07, 6.45) is 2.07. The van der Waals surface area contributed by atoms with E-state index in [1.54, 1.807) is 0 Å². The lowest BCUT2D eigenvalue weighted by Crippen LogP contribution is -2.48. The Morgan fingerprint density at radius 3 is 2.58 bits per heavy atom. The van der Waals surface area contributed by atoms with Crippen LogP contribution in [0.2, 0.25) is 0 Å². The standard InChI is InChI=1S/C29H31N3O5S/c1-18-23(8-9-26(30-18)31-10-12-32(13-11-31)38(2,35)36)20-5-3-4-19(14-20)17-37-22-6-7-24-21(15-22)16-25-27(24)28(25)29(33)34/h3-9,14-15,25,27-28H,10-13,16-17H2,1-2H3,(H,33,34)/t25-,27+,28+/m1/s1. The Labute approximate surface area is 222 Å². The molecule has 2 aromatic carbocycles. The van der Waals surface area contributed by atoms with E-state index in [-0.39, 0.29) is 17.8 Å². The number of pyridine rings is 1. The lowest BCUT2D eigenvalue weighted by Gasteiger charge is -2.34. The van der Waals surface area contributed by atoms with Crippen molar-refractivity contribution >= 4 is 21.8 Å². The summed E-state index contributed by atoms with van der Waals surface area (Å²) < 4.78 is 31.2. The number of hydrogen-bond acceptors (Lipinski definition) is 6. The minimum absolute atomic E-state index is 0.175. The molecule has 3 atom stereocenters. The number of aliphatic carboxylic acids is 1. The van der Waals surface area contributed by atoms with Gasteiger partial charge in [-0.15, -0.1) is 0 Å². The summed E-state index contributed by atoms with van der Waals surface area (Å²) in [5.74, 6) is 1.19. The van der Waals surface area contributed by atoms with Crippen molar-refractivity contribution in [1.82, 2.24) is 9.29 Å². The van der Waals surface area contributed by atoms with Crippen LogP contribution in [-0.4, -0.2) is 61.2 Å². The Bertz CT molecular complexity index is 1510. The lowest BCUT2D eigenvalue weighted by molar-refractivity contribution is -0.139. The summed E-state index contributed by atoms with van der Waals surface area (Å²) in [7, 11) is -3.16. The third kappa shape index (κ3) is 4.65. The van der Waals surface area contributed by atoms with Gasteiger partial charge in [0.05, 0.1) is 12.2 Å². The molecule has 3 aliphatic rings. The first-order valence-corrected chi connectivity index (χ1v) is 14.8. The van der Waals surface area contributed by atoms with Crippen molar-refractivity contribution in [2.24, 2.45) is 11.8 Å². The van der Waals surface area contributed by atoms with Gasteiger partial charge in [0, 0.05) is 43.4 Å². The lowest BCUT2D eigenvalue weighted by atomic mass is 10.0. The largest absolute Gasteiger partial charge is 0.489 e. The number of fused-ring (bicyclic) bond motifs is 3. The number of carboxylic acid groups (broad SMARTS) is 1. The van der Waals surface area contributed by atoms with E-state index in [4.69, 9.17) is 9.72 Å². The predicted octanol–water partition coefficient (Wildman–Crippen LogP) is 3.69. The van der Waals surface area contributed by atoms with Crippen LogP contribution in [-0.2, 0) is 27.8 Å². The minimum atomic E-state index is -3.16. The molecular weight excluding hydrogens is 502 g/mol. The fourth-order valence-electron chi connectivity index (χ4n) is 6.09. The first-order valence-electron chi connectivity index (χ1n) is 12.9. The van der Waals surface area contributed by atoms with Gasteiger partial charge in [0.15, 0.2) is 0 Å². The number of hydrogen-bond donors (Lipinski definition) is 1. The molecule has 2 aliphatic carbocycles. The minimum Gasteiger partial charge on any atom is -0.489 e. The van der Waals surface area contributed by atoms with E-state index in [9.17, 15) is 18.3 Å². The average molecular weight is 534 g/mol. The maximum atomic E-state index is 11.8. The number of ether oxygens (including phenoxy) is 1. The number of sulfonamides is 1. The molecule has 2 fully saturated rings. The molecule has 1 aliphatic heterocycles. The zero-order valence-corrected chi connectivity index (χ0v) is 22.3. The van der Waals surface area contributed by atoms with Crippen LogP contribution in [0.15, 0.2) is 54.6 Å². The monoisotopic (exact) mass is 533 g/mol. The molecule has 0 unspecified atom stereocenters. The third-order valence-electron chi connectivity index (χ3n) is 8.13. The quantitative estimate of drug-likeness (QED) is 0.495. The van der Waals surface area contributed by atoms with Gasteiger partial charge in [0.2, 0.25) is 10.0 Å². The van der Waals surface area contributed by atoms with Crippen LogP contribution < -0.4 is 9.64 Å². The number of benzene rings is 2. The number of aromatic nitrogens is 1. The summed E-state index contributed by atoms with van der Waals surface area (Å²) in [5.41, 5.74) is 6.47. The van der Waals surface area contributed by atoms with Gasteiger partial charge in [-0.05, 0) is 71.8 Å². The van der Waals surface area contributed by atoms with Crippen LogP contribution >= 0.6 is 0 Å². The highest BCUT2D eigenvalue weighted by molar-refractivity contribution is 7.88. The van der Waals surface area contributed by atoms with Crippen molar-refractivity contribution < 1.29 is 23.1 Å². The number of carboxylic acids is 1. The van der Waals surface area contributed by atoms with Crippen LogP contribution in [0.1, 0.15) is 28.3 Å². The van der Waals surface area contributed by atoms with Gasteiger partial charge in [0.1, 0.15) is 18.2 Å². The highest BCUT2D eigenvalue weighted by Crippen LogP contribution is 2.61. The van der Waals surface area contributed by atoms with Gasteiger partial charge < -0.3 is 14.7 Å². The molecule has 9 heteroatoms. The summed E-state index contributed by atoms with van der Waals surface area (Å²) in [5, 5.41) is 9.33. The van der Waals surface area contributed by atoms with E-state index in [1.165, 1.54) is 21.7 Å². The van der Waals surface area contributed by atoms with Crippen molar-refractivity contribution in [2.75, 3.05) is 37.3 Å². The molecule has 0 amide bonds. The Balaban J connectivity index is 1.11. The molecule has 0 radical (unpaired) electrons. The Morgan fingerprint density at radius 2 is 1.87 bits per heavy atom. The SMILES string of the molecule is Cc1nc(N2CCN(S(C)(=O)=O)CC2)ccc1-c1cccc(COc2ccc3c(c2)C[C@H]2[C@H](C(=O)O)[C@@H]32)c1. The van der Waals surface area contributed by atoms with E-state index in [2.05, 4.69) is 29.2 Å². The molecule has 38 heavy (non-hydrogen) atoms. The molecule has 1 aromatic heterocycles. The topological polar surface area (TPSA) is 100 Å². The van der Waals surface area contributed by atoms with Crippen LogP contribution in [0.4, 0.5) is 5.82 Å². The first kappa shape index (κ1) is 24.9. The van der Waals surface area contributed by atoms with E-state index in [1.807, 2.05) is 37.3 Å². The summed E-state index contributed by atoms with van der Waals surface area (Å²) >= 11 is 0. The van der Waals surface area contributed by atoms with Gasteiger partial charge in [-0.3, -0.25) is 4.79 Å². The second-order valence-electron chi connectivity index (χ2n) is 10.6. The average Bonchev–Trinajstić information content (AvgIpc) is 3.49. The molecule has 198 valence electrons. The zero-order chi connectivity index (χ0) is 26.6. The van der Waals surface area contributed by atoms with E-state index >= 15 is 0 Å². The summed E-state index contributed by atoms with van der Waals surface area (Å²) in [4.78, 5) is 18.3. The number of piperazine rings is 1. The molecule has 3 aromatic rings. The highest BCUT2D eigenvalue weighted by Gasteiger charge is 2.59. The summed E-state index contributed by atoms with van der Waals surface area (Å²) in [6, 6.07) is 18.4. The molecular formula is C29H31N3O5S. The maximum absolute atomic E-state index is 11.8. The smallest absolute Gasteiger partial charge is 0.307 e. The molecule has 6 rings (SSSR count). The van der Waals surface area contributed by atoms with Gasteiger partial charge >= 0.3 is 5.97 Å². The molecule has 1 saturated carbocycles.